The topological polar surface area (TPSA) is 87.7 Å². The number of hydrogen-bond donors (Lipinski definition) is 2. The Hall–Kier alpha value is -2.57. The fraction of sp³-hybridized carbons (Fsp3) is 0.640. The highest BCUT2D eigenvalue weighted by molar-refractivity contribution is 5.92. The molecule has 1 rings (SSSR count). The standard InChI is InChI=1S/C25H41N3O4/c1-9-11-16-26-22(29)21(19-15-13-12-14-18(19)5)28(10-2)23(30)20(17(3)4)27-24(31)32-25(6,7)8/h12-15,17,20-21H,9-11,16H2,1-8H3,(H,26,29)(H,27,31). The van der Waals surface area contributed by atoms with Crippen LogP contribution in [0.2, 0.25) is 0 Å². The molecule has 0 aliphatic rings. The number of unbranched alkanes of at least 4 members (excludes halogenated alkanes) is 1. The van der Waals surface area contributed by atoms with Crippen LogP contribution in [0.1, 0.15) is 78.5 Å². The highest BCUT2D eigenvalue weighted by Gasteiger charge is 2.37. The monoisotopic (exact) mass is 447 g/mol. The highest BCUT2D eigenvalue weighted by atomic mass is 16.6. The molecule has 0 aliphatic carbocycles. The lowest BCUT2D eigenvalue weighted by Crippen LogP contribution is -2.55. The van der Waals surface area contributed by atoms with Crippen molar-refractivity contribution in [2.24, 2.45) is 5.92 Å². The van der Waals surface area contributed by atoms with Crippen LogP contribution in [0.5, 0.6) is 0 Å². The van der Waals surface area contributed by atoms with E-state index in [1.54, 1.807) is 25.7 Å². The second-order valence-corrected chi connectivity index (χ2v) is 9.40. The molecule has 2 unspecified atom stereocenters. The number of nitrogens with zero attached hydrogens (tertiary/aromatic N) is 1. The molecule has 0 saturated heterocycles. The predicted molar refractivity (Wildman–Crippen MR) is 127 cm³/mol. The summed E-state index contributed by atoms with van der Waals surface area (Å²) < 4.78 is 5.36. The van der Waals surface area contributed by atoms with Crippen molar-refractivity contribution in [3.63, 3.8) is 0 Å². The number of alkyl carbamates (subject to hydrolysis) is 1. The summed E-state index contributed by atoms with van der Waals surface area (Å²) in [6.07, 6.45) is 1.17. The second kappa shape index (κ2) is 12.5. The van der Waals surface area contributed by atoms with Crippen LogP contribution >= 0.6 is 0 Å². The summed E-state index contributed by atoms with van der Waals surface area (Å²) >= 11 is 0. The number of amides is 3. The van der Waals surface area contributed by atoms with E-state index in [1.807, 2.05) is 52.0 Å². The molecule has 32 heavy (non-hydrogen) atoms. The van der Waals surface area contributed by atoms with Crippen LogP contribution in [-0.2, 0) is 14.3 Å². The third kappa shape index (κ3) is 8.17. The molecule has 7 nitrogen and oxygen atoms in total. The van der Waals surface area contributed by atoms with E-state index in [0.717, 1.165) is 24.0 Å². The van der Waals surface area contributed by atoms with Crippen molar-refractivity contribution in [1.82, 2.24) is 15.5 Å². The molecule has 0 aliphatic heterocycles. The fourth-order valence-corrected chi connectivity index (χ4v) is 3.42. The van der Waals surface area contributed by atoms with Crippen molar-refractivity contribution < 1.29 is 19.1 Å². The summed E-state index contributed by atoms with van der Waals surface area (Å²) in [5.41, 5.74) is 1.02. The van der Waals surface area contributed by atoms with Crippen molar-refractivity contribution in [2.45, 2.75) is 85.9 Å². The van der Waals surface area contributed by atoms with Crippen LogP contribution in [0.4, 0.5) is 4.79 Å². The van der Waals surface area contributed by atoms with Gasteiger partial charge in [0.2, 0.25) is 11.8 Å². The lowest BCUT2D eigenvalue weighted by atomic mass is 9.96. The van der Waals surface area contributed by atoms with Gasteiger partial charge in [0.25, 0.3) is 0 Å². The van der Waals surface area contributed by atoms with E-state index in [-0.39, 0.29) is 17.7 Å². The Balaban J connectivity index is 3.29. The van der Waals surface area contributed by atoms with Crippen LogP contribution in [-0.4, -0.2) is 47.5 Å². The Kier molecular flexibility index (Phi) is 10.7. The number of carbonyl (C=O) groups excluding carboxylic acids is 3. The first-order chi connectivity index (χ1) is 14.9. The Morgan fingerprint density at radius 3 is 2.22 bits per heavy atom. The molecular formula is C25H41N3O4. The molecule has 0 aromatic heterocycles. The number of aryl methyl sites for hydroxylation is 1. The van der Waals surface area contributed by atoms with E-state index < -0.39 is 23.8 Å². The van der Waals surface area contributed by atoms with E-state index in [2.05, 4.69) is 17.6 Å². The molecule has 0 bridgehead atoms. The summed E-state index contributed by atoms with van der Waals surface area (Å²) in [6, 6.07) is 5.97. The van der Waals surface area contributed by atoms with E-state index in [4.69, 9.17) is 4.74 Å². The number of likely N-dealkylation sites (N-methyl/N-ethyl adjacent to an activating group) is 1. The zero-order valence-electron chi connectivity index (χ0n) is 21.0. The maximum atomic E-state index is 13.7. The molecule has 0 saturated carbocycles. The molecule has 3 amide bonds. The highest BCUT2D eigenvalue weighted by Crippen LogP contribution is 2.26. The summed E-state index contributed by atoms with van der Waals surface area (Å²) in [4.78, 5) is 40.9. The Morgan fingerprint density at radius 1 is 1.09 bits per heavy atom. The maximum absolute atomic E-state index is 13.7. The minimum Gasteiger partial charge on any atom is -0.444 e. The average Bonchev–Trinajstić information content (AvgIpc) is 2.69. The molecule has 0 radical (unpaired) electrons. The van der Waals surface area contributed by atoms with Crippen molar-refractivity contribution in [3.05, 3.63) is 35.4 Å². The number of ether oxygens (including phenoxy) is 1. The van der Waals surface area contributed by atoms with Gasteiger partial charge in [-0.25, -0.2) is 4.79 Å². The molecule has 2 N–H and O–H groups in total. The van der Waals surface area contributed by atoms with Gasteiger partial charge < -0.3 is 20.3 Å². The van der Waals surface area contributed by atoms with Crippen LogP contribution in [0, 0.1) is 12.8 Å². The molecule has 0 heterocycles. The third-order valence-electron chi connectivity index (χ3n) is 5.10. The fourth-order valence-electron chi connectivity index (χ4n) is 3.42. The number of benzene rings is 1. The van der Waals surface area contributed by atoms with E-state index in [0.29, 0.717) is 13.1 Å². The van der Waals surface area contributed by atoms with Gasteiger partial charge in [-0.1, -0.05) is 51.5 Å². The molecular weight excluding hydrogens is 406 g/mol. The van der Waals surface area contributed by atoms with Gasteiger partial charge in [-0.05, 0) is 58.1 Å². The van der Waals surface area contributed by atoms with Gasteiger partial charge in [0, 0.05) is 13.1 Å². The van der Waals surface area contributed by atoms with Gasteiger partial charge >= 0.3 is 6.09 Å². The molecule has 0 spiro atoms. The van der Waals surface area contributed by atoms with Crippen LogP contribution in [0.25, 0.3) is 0 Å². The van der Waals surface area contributed by atoms with E-state index >= 15 is 0 Å². The van der Waals surface area contributed by atoms with Gasteiger partial charge in [-0.3, -0.25) is 9.59 Å². The number of hydrogen-bond acceptors (Lipinski definition) is 4. The first-order valence-corrected chi connectivity index (χ1v) is 11.6. The minimum atomic E-state index is -0.820. The Bertz CT molecular complexity index is 771. The van der Waals surface area contributed by atoms with Gasteiger partial charge in [0.15, 0.2) is 0 Å². The lowest BCUT2D eigenvalue weighted by Gasteiger charge is -2.35. The second-order valence-electron chi connectivity index (χ2n) is 9.40. The molecule has 7 heteroatoms. The molecule has 180 valence electrons. The SMILES string of the molecule is CCCCNC(=O)C(c1ccccc1C)N(CC)C(=O)C(NC(=O)OC(C)(C)C)C(C)C. The zero-order chi connectivity index (χ0) is 24.5. The third-order valence-corrected chi connectivity index (χ3v) is 5.10. The molecule has 1 aromatic carbocycles. The van der Waals surface area contributed by atoms with E-state index in [9.17, 15) is 14.4 Å². The Morgan fingerprint density at radius 2 is 1.72 bits per heavy atom. The van der Waals surface area contributed by atoms with Crippen molar-refractivity contribution >= 4 is 17.9 Å². The average molecular weight is 448 g/mol. The molecule has 2 atom stereocenters. The van der Waals surface area contributed by atoms with Crippen molar-refractivity contribution in [2.75, 3.05) is 13.1 Å². The number of carbonyl (C=O) groups is 3. The first kappa shape index (κ1) is 27.5. The normalized spacial score (nSPS) is 13.3. The van der Waals surface area contributed by atoms with Crippen molar-refractivity contribution in [1.29, 1.82) is 0 Å². The molecule has 0 fully saturated rings. The van der Waals surface area contributed by atoms with Gasteiger partial charge in [-0.15, -0.1) is 0 Å². The quantitative estimate of drug-likeness (QED) is 0.522. The number of nitrogens with one attached hydrogen (secondary N) is 2. The smallest absolute Gasteiger partial charge is 0.408 e. The summed E-state index contributed by atoms with van der Waals surface area (Å²) in [7, 11) is 0. The van der Waals surface area contributed by atoms with Gasteiger partial charge in [-0.2, -0.15) is 0 Å². The summed E-state index contributed by atoms with van der Waals surface area (Å²) in [6.45, 7) is 15.7. The maximum Gasteiger partial charge on any atom is 0.408 e. The lowest BCUT2D eigenvalue weighted by molar-refractivity contribution is -0.143. The zero-order valence-corrected chi connectivity index (χ0v) is 21.0. The summed E-state index contributed by atoms with van der Waals surface area (Å²) in [5, 5.41) is 5.69. The van der Waals surface area contributed by atoms with Crippen molar-refractivity contribution in [3.8, 4) is 0 Å². The summed E-state index contributed by atoms with van der Waals surface area (Å²) in [5.74, 6) is -0.722. The van der Waals surface area contributed by atoms with Crippen LogP contribution in [0.15, 0.2) is 24.3 Å². The Labute approximate surface area is 193 Å². The van der Waals surface area contributed by atoms with Gasteiger partial charge in [0.05, 0.1) is 0 Å². The first-order valence-electron chi connectivity index (χ1n) is 11.6. The van der Waals surface area contributed by atoms with Crippen LogP contribution in [0.3, 0.4) is 0 Å². The van der Waals surface area contributed by atoms with Crippen LogP contribution < -0.4 is 10.6 Å². The predicted octanol–water partition coefficient (Wildman–Crippen LogP) is 4.35. The largest absolute Gasteiger partial charge is 0.444 e. The number of rotatable bonds is 10. The molecule has 1 aromatic rings. The van der Waals surface area contributed by atoms with E-state index in [1.165, 1.54) is 0 Å². The minimum absolute atomic E-state index is 0.190. The van der Waals surface area contributed by atoms with Gasteiger partial charge in [0.1, 0.15) is 17.7 Å².